The maximum Gasteiger partial charge on any atom is 0.258 e. The van der Waals surface area contributed by atoms with Crippen LogP contribution in [0.25, 0.3) is 0 Å². The standard InChI is InChI=1S/C23H31N3O4/c1-4-11-28-20-6-8-21(9-7-20)29-16-23(27)25-13-19-5-10-22(24-12-19)26-14-17(2)30-18(3)15-26/h5-10,12,17-18H,4,11,13-16H2,1-3H3,(H,25,27). The summed E-state index contributed by atoms with van der Waals surface area (Å²) in [6, 6.07) is 11.3. The van der Waals surface area contributed by atoms with Crippen LogP contribution in [0.4, 0.5) is 5.82 Å². The largest absolute Gasteiger partial charge is 0.494 e. The van der Waals surface area contributed by atoms with Crippen LogP contribution in [-0.2, 0) is 16.1 Å². The highest BCUT2D eigenvalue weighted by molar-refractivity contribution is 5.77. The molecule has 1 fully saturated rings. The number of carbonyl (C=O) groups is 1. The van der Waals surface area contributed by atoms with Crippen molar-refractivity contribution in [3.8, 4) is 11.5 Å². The molecule has 1 saturated heterocycles. The topological polar surface area (TPSA) is 72.9 Å². The van der Waals surface area contributed by atoms with Gasteiger partial charge < -0.3 is 24.4 Å². The quantitative estimate of drug-likeness (QED) is 0.681. The van der Waals surface area contributed by atoms with E-state index in [1.165, 1.54) is 0 Å². The number of hydrogen-bond donors (Lipinski definition) is 1. The van der Waals surface area contributed by atoms with Crippen molar-refractivity contribution in [1.29, 1.82) is 0 Å². The molecule has 0 bridgehead atoms. The average molecular weight is 414 g/mol. The first kappa shape index (κ1) is 21.9. The summed E-state index contributed by atoms with van der Waals surface area (Å²) >= 11 is 0. The van der Waals surface area contributed by atoms with E-state index in [4.69, 9.17) is 14.2 Å². The number of nitrogens with zero attached hydrogens (tertiary/aromatic N) is 2. The Morgan fingerprint density at radius 1 is 1.10 bits per heavy atom. The number of ether oxygens (including phenoxy) is 3. The highest BCUT2D eigenvalue weighted by Crippen LogP contribution is 2.19. The van der Waals surface area contributed by atoms with Gasteiger partial charge in [0.25, 0.3) is 5.91 Å². The molecule has 0 radical (unpaired) electrons. The van der Waals surface area contributed by atoms with Crippen molar-refractivity contribution < 1.29 is 19.0 Å². The second-order valence-corrected chi connectivity index (χ2v) is 7.57. The number of benzene rings is 1. The molecule has 2 unspecified atom stereocenters. The van der Waals surface area contributed by atoms with Gasteiger partial charge in [0.15, 0.2) is 6.61 Å². The summed E-state index contributed by atoms with van der Waals surface area (Å²) in [4.78, 5) is 18.9. The van der Waals surface area contributed by atoms with Gasteiger partial charge in [0, 0.05) is 25.8 Å². The van der Waals surface area contributed by atoms with Gasteiger partial charge in [0.1, 0.15) is 17.3 Å². The number of carbonyl (C=O) groups excluding carboxylic acids is 1. The van der Waals surface area contributed by atoms with Gasteiger partial charge in [0.05, 0.1) is 18.8 Å². The van der Waals surface area contributed by atoms with Crippen LogP contribution < -0.4 is 19.7 Å². The number of anilines is 1. The first-order chi connectivity index (χ1) is 14.5. The fourth-order valence-electron chi connectivity index (χ4n) is 3.33. The first-order valence-corrected chi connectivity index (χ1v) is 10.5. The Bertz CT molecular complexity index is 785. The molecule has 1 aliphatic rings. The number of morpholine rings is 1. The summed E-state index contributed by atoms with van der Waals surface area (Å²) in [5, 5.41) is 2.86. The van der Waals surface area contributed by atoms with Gasteiger partial charge in [-0.3, -0.25) is 4.79 Å². The summed E-state index contributed by atoms with van der Waals surface area (Å²) in [6.45, 7) is 8.92. The van der Waals surface area contributed by atoms with Gasteiger partial charge in [-0.1, -0.05) is 13.0 Å². The Morgan fingerprint density at radius 2 is 1.77 bits per heavy atom. The molecular formula is C23H31N3O4. The predicted octanol–water partition coefficient (Wildman–Crippen LogP) is 3.18. The summed E-state index contributed by atoms with van der Waals surface area (Å²) in [7, 11) is 0. The lowest BCUT2D eigenvalue weighted by Crippen LogP contribution is -2.45. The lowest BCUT2D eigenvalue weighted by atomic mass is 10.2. The van der Waals surface area contributed by atoms with Crippen molar-refractivity contribution in [3.05, 3.63) is 48.2 Å². The number of aromatic nitrogens is 1. The molecule has 2 atom stereocenters. The summed E-state index contributed by atoms with van der Waals surface area (Å²) < 4.78 is 16.8. The van der Waals surface area contributed by atoms with Gasteiger partial charge >= 0.3 is 0 Å². The van der Waals surface area contributed by atoms with E-state index >= 15 is 0 Å². The van der Waals surface area contributed by atoms with Gasteiger partial charge in [0.2, 0.25) is 0 Å². The minimum Gasteiger partial charge on any atom is -0.494 e. The van der Waals surface area contributed by atoms with E-state index in [9.17, 15) is 4.79 Å². The van der Waals surface area contributed by atoms with E-state index in [2.05, 4.69) is 36.0 Å². The summed E-state index contributed by atoms with van der Waals surface area (Å²) in [5.74, 6) is 2.18. The monoisotopic (exact) mass is 413 g/mol. The average Bonchev–Trinajstić information content (AvgIpc) is 2.75. The maximum absolute atomic E-state index is 12.1. The van der Waals surface area contributed by atoms with E-state index in [0.717, 1.165) is 36.6 Å². The first-order valence-electron chi connectivity index (χ1n) is 10.5. The Hall–Kier alpha value is -2.80. The van der Waals surface area contributed by atoms with Gasteiger partial charge in [-0.25, -0.2) is 4.98 Å². The van der Waals surface area contributed by atoms with Crippen LogP contribution in [-0.4, -0.2) is 49.4 Å². The molecule has 0 saturated carbocycles. The predicted molar refractivity (Wildman–Crippen MR) is 116 cm³/mol. The number of amides is 1. The molecule has 7 nitrogen and oxygen atoms in total. The van der Waals surface area contributed by atoms with Gasteiger partial charge in [-0.05, 0) is 56.2 Å². The minimum absolute atomic E-state index is 0.0375. The zero-order chi connectivity index (χ0) is 21.3. The van der Waals surface area contributed by atoms with E-state index < -0.39 is 0 Å². The smallest absolute Gasteiger partial charge is 0.258 e. The highest BCUT2D eigenvalue weighted by atomic mass is 16.5. The molecule has 30 heavy (non-hydrogen) atoms. The molecule has 3 rings (SSSR count). The Kier molecular flexibility index (Phi) is 7.90. The van der Waals surface area contributed by atoms with E-state index in [0.29, 0.717) is 18.9 Å². The molecule has 7 heteroatoms. The molecule has 2 heterocycles. The third kappa shape index (κ3) is 6.62. The van der Waals surface area contributed by atoms with Gasteiger partial charge in [-0.15, -0.1) is 0 Å². The molecule has 1 amide bonds. The second kappa shape index (κ2) is 10.8. The minimum atomic E-state index is -0.179. The zero-order valence-electron chi connectivity index (χ0n) is 18.0. The van der Waals surface area contributed by atoms with Gasteiger partial charge in [-0.2, -0.15) is 0 Å². The van der Waals surface area contributed by atoms with Crippen LogP contribution in [0.2, 0.25) is 0 Å². The highest BCUT2D eigenvalue weighted by Gasteiger charge is 2.22. The Morgan fingerprint density at radius 3 is 2.37 bits per heavy atom. The van der Waals surface area contributed by atoms with Crippen molar-refractivity contribution in [2.45, 2.75) is 45.9 Å². The molecule has 1 aromatic heterocycles. The molecule has 162 valence electrons. The number of hydrogen-bond acceptors (Lipinski definition) is 6. The molecular weight excluding hydrogens is 382 g/mol. The van der Waals surface area contributed by atoms with Crippen molar-refractivity contribution in [3.63, 3.8) is 0 Å². The lowest BCUT2D eigenvalue weighted by Gasteiger charge is -2.36. The fraction of sp³-hybridized carbons (Fsp3) is 0.478. The van der Waals surface area contributed by atoms with Crippen LogP contribution in [0.1, 0.15) is 32.8 Å². The number of rotatable bonds is 9. The Labute approximate surface area is 178 Å². The summed E-state index contributed by atoms with van der Waals surface area (Å²) in [5.41, 5.74) is 0.943. The summed E-state index contributed by atoms with van der Waals surface area (Å²) in [6.07, 6.45) is 3.14. The van der Waals surface area contributed by atoms with Crippen molar-refractivity contribution in [2.75, 3.05) is 31.2 Å². The number of pyridine rings is 1. The van der Waals surface area contributed by atoms with Crippen LogP contribution in [0.3, 0.4) is 0 Å². The maximum atomic E-state index is 12.1. The second-order valence-electron chi connectivity index (χ2n) is 7.57. The van der Waals surface area contributed by atoms with Crippen LogP contribution in [0, 0.1) is 0 Å². The van der Waals surface area contributed by atoms with Crippen molar-refractivity contribution >= 4 is 11.7 Å². The third-order valence-corrected chi connectivity index (χ3v) is 4.71. The molecule has 0 aliphatic carbocycles. The molecule has 1 N–H and O–H groups in total. The molecule has 2 aromatic rings. The molecule has 1 aliphatic heterocycles. The van der Waals surface area contributed by atoms with E-state index in [1.54, 1.807) is 18.3 Å². The molecule has 1 aromatic carbocycles. The van der Waals surface area contributed by atoms with Crippen LogP contribution in [0.15, 0.2) is 42.6 Å². The number of nitrogens with one attached hydrogen (secondary N) is 1. The van der Waals surface area contributed by atoms with Crippen molar-refractivity contribution in [2.24, 2.45) is 0 Å². The Balaban J connectivity index is 1.41. The van der Waals surface area contributed by atoms with Crippen LogP contribution >= 0.6 is 0 Å². The normalized spacial score (nSPS) is 18.7. The van der Waals surface area contributed by atoms with Crippen LogP contribution in [0.5, 0.6) is 11.5 Å². The third-order valence-electron chi connectivity index (χ3n) is 4.71. The lowest BCUT2D eigenvalue weighted by molar-refractivity contribution is -0.123. The SMILES string of the molecule is CCCOc1ccc(OCC(=O)NCc2ccc(N3CC(C)OC(C)C3)nc2)cc1. The molecule has 0 spiro atoms. The van der Waals surface area contributed by atoms with E-state index in [1.807, 2.05) is 24.3 Å². The van der Waals surface area contributed by atoms with E-state index in [-0.39, 0.29) is 24.7 Å². The zero-order valence-corrected chi connectivity index (χ0v) is 18.0. The fourth-order valence-corrected chi connectivity index (χ4v) is 3.33. The van der Waals surface area contributed by atoms with Crippen molar-refractivity contribution in [1.82, 2.24) is 10.3 Å².